The van der Waals surface area contributed by atoms with Crippen LogP contribution in [0.1, 0.15) is 33.0 Å². The van der Waals surface area contributed by atoms with Gasteiger partial charge in [-0.15, -0.1) is 0 Å². The molecule has 0 saturated carbocycles. The van der Waals surface area contributed by atoms with Crippen LogP contribution in [0, 0.1) is 20.8 Å². The minimum absolute atomic E-state index is 0.0263. The second-order valence-corrected chi connectivity index (χ2v) is 10.0. The maximum absolute atomic E-state index is 13.6. The summed E-state index contributed by atoms with van der Waals surface area (Å²) in [5, 5.41) is 5.30. The Labute approximate surface area is 186 Å². The lowest BCUT2D eigenvalue weighted by Crippen LogP contribution is -2.30. The van der Waals surface area contributed by atoms with Crippen LogP contribution >= 0.6 is 0 Å². The predicted molar refractivity (Wildman–Crippen MR) is 124 cm³/mol. The van der Waals surface area contributed by atoms with Crippen molar-refractivity contribution in [3.05, 3.63) is 76.7 Å². The highest BCUT2D eigenvalue weighted by Gasteiger charge is 2.35. The summed E-state index contributed by atoms with van der Waals surface area (Å²) in [4.78, 5) is 16.6. The number of anilines is 1. The van der Waals surface area contributed by atoms with Gasteiger partial charge in [-0.25, -0.2) is 8.42 Å². The van der Waals surface area contributed by atoms with Crippen molar-refractivity contribution in [1.29, 1.82) is 0 Å². The molecule has 0 spiro atoms. The summed E-state index contributed by atoms with van der Waals surface area (Å²) in [6, 6.07) is 15.2. The minimum atomic E-state index is -3.79. The zero-order valence-corrected chi connectivity index (χ0v) is 19.0. The van der Waals surface area contributed by atoms with E-state index < -0.39 is 10.0 Å². The maximum atomic E-state index is 13.6. The molecule has 8 heteroatoms. The lowest BCUT2D eigenvalue weighted by atomic mass is 10.1. The third kappa shape index (κ3) is 3.05. The lowest BCUT2D eigenvalue weighted by Gasteiger charge is -2.19. The van der Waals surface area contributed by atoms with E-state index in [0.717, 1.165) is 22.2 Å². The average Bonchev–Trinajstić information content (AvgIpc) is 3.41. The van der Waals surface area contributed by atoms with Crippen molar-refractivity contribution in [3.8, 4) is 0 Å². The predicted octanol–water partition coefficient (Wildman–Crippen LogP) is 3.92. The average molecular weight is 449 g/mol. The van der Waals surface area contributed by atoms with Gasteiger partial charge in [0.15, 0.2) is 5.78 Å². The zero-order valence-electron chi connectivity index (χ0n) is 18.2. The van der Waals surface area contributed by atoms with E-state index in [1.165, 1.54) is 8.99 Å². The molecule has 4 aromatic rings. The molecular formula is C24H24N4O3S. The van der Waals surface area contributed by atoms with Gasteiger partial charge in [0.05, 0.1) is 17.1 Å². The fourth-order valence-corrected chi connectivity index (χ4v) is 6.61. The molecule has 1 aliphatic rings. The van der Waals surface area contributed by atoms with Gasteiger partial charge in [0.25, 0.3) is 10.0 Å². The van der Waals surface area contributed by atoms with Crippen molar-refractivity contribution in [2.75, 3.05) is 10.8 Å². The molecule has 32 heavy (non-hydrogen) atoms. The number of hydrogen-bond donors (Lipinski definition) is 1. The molecule has 0 unspecified atom stereocenters. The van der Waals surface area contributed by atoms with E-state index in [1.54, 1.807) is 13.8 Å². The summed E-state index contributed by atoms with van der Waals surface area (Å²) in [6.45, 7) is 5.64. The molecule has 1 N–H and O–H groups in total. The third-order valence-corrected chi connectivity index (χ3v) is 8.24. The van der Waals surface area contributed by atoms with Crippen molar-refractivity contribution >= 4 is 32.4 Å². The largest absolute Gasteiger partial charge is 0.358 e. The Hall–Kier alpha value is -3.39. The molecule has 0 bridgehead atoms. The number of carbonyl (C=O) groups is 1. The second kappa shape index (κ2) is 7.34. The number of rotatable bonds is 5. The molecule has 0 fully saturated rings. The maximum Gasteiger partial charge on any atom is 0.268 e. The molecular weight excluding hydrogens is 424 g/mol. The Bertz CT molecular complexity index is 1480. The highest BCUT2D eigenvalue weighted by Crippen LogP contribution is 2.34. The van der Waals surface area contributed by atoms with Crippen molar-refractivity contribution < 1.29 is 13.2 Å². The summed E-state index contributed by atoms with van der Waals surface area (Å²) in [6.07, 6.45) is 0.681. The number of aryl methyl sites for hydroxylation is 2. The van der Waals surface area contributed by atoms with Crippen molar-refractivity contribution in [2.24, 2.45) is 0 Å². The Morgan fingerprint density at radius 1 is 1.06 bits per heavy atom. The number of para-hydroxylation sites is 2. The lowest BCUT2D eigenvalue weighted by molar-refractivity contribution is 0.0967. The van der Waals surface area contributed by atoms with Gasteiger partial charge in [-0.3, -0.25) is 13.8 Å². The number of sulfonamides is 1. The standard InChI is InChI=1S/C24H24N4O3S/c1-15-23(19-9-5-6-10-20(19)25-15)22(29)14-27-17(3)24(16(2)26-27)32(30,31)28-13-12-18-8-4-7-11-21(18)28/h4-11,25H,12-14H2,1-3H3. The molecule has 3 heterocycles. The van der Waals surface area contributed by atoms with E-state index in [-0.39, 0.29) is 17.2 Å². The molecule has 7 nitrogen and oxygen atoms in total. The molecule has 2 aromatic heterocycles. The fraction of sp³-hybridized carbons (Fsp3) is 0.250. The molecule has 0 radical (unpaired) electrons. The van der Waals surface area contributed by atoms with Gasteiger partial charge >= 0.3 is 0 Å². The van der Waals surface area contributed by atoms with Gasteiger partial charge in [0, 0.05) is 28.7 Å². The quantitative estimate of drug-likeness (QED) is 0.469. The minimum Gasteiger partial charge on any atom is -0.358 e. The number of ketones is 1. The van der Waals surface area contributed by atoms with E-state index in [4.69, 9.17) is 0 Å². The molecule has 0 aliphatic carbocycles. The fourth-order valence-electron chi connectivity index (χ4n) is 4.73. The number of nitrogens with zero attached hydrogens (tertiary/aromatic N) is 3. The highest BCUT2D eigenvalue weighted by atomic mass is 32.2. The molecule has 0 atom stereocenters. The Balaban J connectivity index is 1.51. The first-order chi connectivity index (χ1) is 15.3. The number of benzene rings is 2. The van der Waals surface area contributed by atoms with Crippen LogP contribution in [0.15, 0.2) is 53.4 Å². The van der Waals surface area contributed by atoms with Gasteiger partial charge in [0.2, 0.25) is 0 Å². The van der Waals surface area contributed by atoms with Gasteiger partial charge < -0.3 is 4.98 Å². The van der Waals surface area contributed by atoms with Crippen molar-refractivity contribution in [3.63, 3.8) is 0 Å². The smallest absolute Gasteiger partial charge is 0.268 e. The zero-order chi connectivity index (χ0) is 22.6. The topological polar surface area (TPSA) is 88.1 Å². The molecule has 1 aliphatic heterocycles. The molecule has 0 amide bonds. The van der Waals surface area contributed by atoms with Crippen LogP contribution < -0.4 is 4.31 Å². The Morgan fingerprint density at radius 3 is 2.59 bits per heavy atom. The normalized spacial score (nSPS) is 13.7. The first-order valence-electron chi connectivity index (χ1n) is 10.5. The van der Waals surface area contributed by atoms with E-state index in [2.05, 4.69) is 10.1 Å². The first-order valence-corrected chi connectivity index (χ1v) is 12.0. The number of aromatic nitrogens is 3. The number of fused-ring (bicyclic) bond motifs is 2. The van der Waals surface area contributed by atoms with E-state index >= 15 is 0 Å². The number of H-pyrrole nitrogens is 1. The second-order valence-electron chi connectivity index (χ2n) is 8.21. The Kier molecular flexibility index (Phi) is 4.70. The third-order valence-electron chi connectivity index (χ3n) is 6.17. The van der Waals surface area contributed by atoms with Crippen molar-refractivity contribution in [1.82, 2.24) is 14.8 Å². The SMILES string of the molecule is Cc1nn(CC(=O)c2c(C)[nH]c3ccccc23)c(C)c1S(=O)(=O)N1CCc2ccccc21. The summed E-state index contributed by atoms with van der Waals surface area (Å²) >= 11 is 0. The summed E-state index contributed by atoms with van der Waals surface area (Å²) in [5.74, 6) is -0.110. The molecule has 5 rings (SSSR count). The highest BCUT2D eigenvalue weighted by molar-refractivity contribution is 7.93. The molecule has 0 saturated heterocycles. The number of carbonyl (C=O) groups excluding carboxylic acids is 1. The van der Waals surface area contributed by atoms with E-state index in [1.807, 2.05) is 55.5 Å². The number of hydrogen-bond acceptors (Lipinski definition) is 4. The number of aromatic amines is 1. The van der Waals surface area contributed by atoms with Crippen LogP contribution in [-0.2, 0) is 23.0 Å². The van der Waals surface area contributed by atoms with Gasteiger partial charge in [-0.1, -0.05) is 36.4 Å². The van der Waals surface area contributed by atoms with Crippen LogP contribution in [0.2, 0.25) is 0 Å². The first kappa shape index (κ1) is 20.5. The number of nitrogens with one attached hydrogen (secondary N) is 1. The molecule has 2 aromatic carbocycles. The van der Waals surface area contributed by atoms with Crippen LogP contribution in [0.4, 0.5) is 5.69 Å². The van der Waals surface area contributed by atoms with E-state index in [9.17, 15) is 13.2 Å². The van der Waals surface area contributed by atoms with Crippen LogP contribution in [0.3, 0.4) is 0 Å². The summed E-state index contributed by atoms with van der Waals surface area (Å²) in [7, 11) is -3.79. The van der Waals surface area contributed by atoms with Gasteiger partial charge in [-0.05, 0) is 44.9 Å². The summed E-state index contributed by atoms with van der Waals surface area (Å²) < 4.78 is 30.1. The van der Waals surface area contributed by atoms with E-state index in [0.29, 0.717) is 35.6 Å². The summed E-state index contributed by atoms with van der Waals surface area (Å²) in [5.41, 5.74) is 4.91. The monoisotopic (exact) mass is 448 g/mol. The van der Waals surface area contributed by atoms with Gasteiger partial charge in [-0.2, -0.15) is 5.10 Å². The van der Waals surface area contributed by atoms with Gasteiger partial charge in [0.1, 0.15) is 11.4 Å². The van der Waals surface area contributed by atoms with Crippen LogP contribution in [0.25, 0.3) is 10.9 Å². The van der Waals surface area contributed by atoms with Crippen LogP contribution in [0.5, 0.6) is 0 Å². The van der Waals surface area contributed by atoms with Crippen molar-refractivity contribution in [2.45, 2.75) is 38.6 Å². The van der Waals surface area contributed by atoms with Crippen LogP contribution in [-0.4, -0.2) is 35.5 Å². The number of Topliss-reactive ketones (excluding diaryl/α,β-unsaturated/α-hetero) is 1. The Morgan fingerprint density at radius 2 is 1.78 bits per heavy atom. The molecule has 164 valence electrons.